The van der Waals surface area contributed by atoms with E-state index >= 15 is 0 Å². The minimum absolute atomic E-state index is 0.655. The molecule has 4 nitrogen and oxygen atoms in total. The summed E-state index contributed by atoms with van der Waals surface area (Å²) >= 11 is 0. The van der Waals surface area contributed by atoms with Crippen LogP contribution in [0.2, 0.25) is 0 Å². The van der Waals surface area contributed by atoms with Gasteiger partial charge in [0.2, 0.25) is 0 Å². The van der Waals surface area contributed by atoms with Gasteiger partial charge in [-0.2, -0.15) is 0 Å². The summed E-state index contributed by atoms with van der Waals surface area (Å²) in [5.74, 6) is 0.655. The lowest BCUT2D eigenvalue weighted by Crippen LogP contribution is -2.13. The van der Waals surface area contributed by atoms with Crippen molar-refractivity contribution >= 4 is 38.2 Å². The highest BCUT2D eigenvalue weighted by Gasteiger charge is 2.24. The maximum Gasteiger partial charge on any atom is 0.160 e. The lowest BCUT2D eigenvalue weighted by molar-refractivity contribution is 1.08. The molecular formula is C64H44N4. The first kappa shape index (κ1) is 40.5. The molecule has 0 atom stereocenters. The maximum absolute atomic E-state index is 5.37. The molecule has 0 aliphatic carbocycles. The molecule has 0 saturated carbocycles. The first-order chi connectivity index (χ1) is 33.6. The highest BCUT2D eigenvalue weighted by atomic mass is 15.0. The molecule has 0 amide bonds. The second kappa shape index (κ2) is 17.4. The van der Waals surface area contributed by atoms with Gasteiger partial charge in [0, 0.05) is 33.3 Å². The van der Waals surface area contributed by atoms with Gasteiger partial charge in [-0.15, -0.1) is 0 Å². The molecule has 1 aliphatic rings. The fraction of sp³-hybridized carbons (Fsp3) is 0.0156. The van der Waals surface area contributed by atoms with Crippen molar-refractivity contribution in [3.63, 3.8) is 0 Å². The first-order valence-electron chi connectivity index (χ1n) is 23.1. The van der Waals surface area contributed by atoms with E-state index in [1.54, 1.807) is 0 Å². The number of benzene rings is 9. The molecule has 3 heterocycles. The number of fused-ring (bicyclic) bond motifs is 6. The van der Waals surface area contributed by atoms with E-state index in [-0.39, 0.29) is 0 Å². The SMILES string of the molecule is C=C1/C=C\C=C/Cc2c(n(-c3ccc(-c4nc(-c5ccc(-c6ccccc6)cc5)cc(-c5ccc(-c6ccccc6)cc5)n4)cc3)c3ccccc23)/C(c2ccc3ccc4ccccc4c3c2)=N\1. The van der Waals surface area contributed by atoms with Crippen molar-refractivity contribution in [1.29, 1.82) is 0 Å². The molecule has 0 spiro atoms. The molecule has 0 N–H and O–H groups in total. The van der Waals surface area contributed by atoms with Crippen LogP contribution in [-0.2, 0) is 6.42 Å². The number of aliphatic imine (C=N–C) groups is 1. The van der Waals surface area contributed by atoms with Crippen molar-refractivity contribution in [3.8, 4) is 61.8 Å². The number of rotatable bonds is 7. The van der Waals surface area contributed by atoms with E-state index < -0.39 is 0 Å². The van der Waals surface area contributed by atoms with Crippen LogP contribution in [0.25, 0.3) is 94.3 Å². The van der Waals surface area contributed by atoms with Crippen LogP contribution in [0.5, 0.6) is 0 Å². The first-order valence-corrected chi connectivity index (χ1v) is 23.1. The Hall–Kier alpha value is -8.99. The number of allylic oxidation sites excluding steroid dienone is 4. The predicted octanol–water partition coefficient (Wildman–Crippen LogP) is 16.1. The highest BCUT2D eigenvalue weighted by Crippen LogP contribution is 2.37. The summed E-state index contributed by atoms with van der Waals surface area (Å²) < 4.78 is 2.37. The van der Waals surface area contributed by atoms with Crippen molar-refractivity contribution in [2.75, 3.05) is 0 Å². The Balaban J connectivity index is 0.997. The molecular weight excluding hydrogens is 825 g/mol. The molecule has 9 aromatic carbocycles. The highest BCUT2D eigenvalue weighted by molar-refractivity contribution is 6.19. The van der Waals surface area contributed by atoms with E-state index in [0.717, 1.165) is 73.8 Å². The Kier molecular flexibility index (Phi) is 10.4. The Morgan fingerprint density at radius 2 is 0.926 bits per heavy atom. The summed E-state index contributed by atoms with van der Waals surface area (Å²) in [5, 5.41) is 5.99. The van der Waals surface area contributed by atoms with E-state index in [4.69, 9.17) is 15.0 Å². The smallest absolute Gasteiger partial charge is 0.160 e. The van der Waals surface area contributed by atoms with Crippen LogP contribution in [0.1, 0.15) is 16.8 Å². The predicted molar refractivity (Wildman–Crippen MR) is 284 cm³/mol. The lowest BCUT2D eigenvalue weighted by atomic mass is 9.95. The van der Waals surface area contributed by atoms with Crippen molar-refractivity contribution in [2.24, 2.45) is 4.99 Å². The molecule has 0 unspecified atom stereocenters. The van der Waals surface area contributed by atoms with Gasteiger partial charge in [-0.25, -0.2) is 15.0 Å². The van der Waals surface area contributed by atoms with Crippen LogP contribution in [0, 0.1) is 0 Å². The van der Waals surface area contributed by atoms with Crippen LogP contribution >= 0.6 is 0 Å². The summed E-state index contributed by atoms with van der Waals surface area (Å²) in [7, 11) is 0. The van der Waals surface area contributed by atoms with E-state index in [0.29, 0.717) is 11.5 Å². The van der Waals surface area contributed by atoms with E-state index in [1.165, 1.54) is 43.6 Å². The molecule has 2 aromatic heterocycles. The summed E-state index contributed by atoms with van der Waals surface area (Å²) in [6.45, 7) is 4.41. The number of hydrogen-bond donors (Lipinski definition) is 0. The average molecular weight is 869 g/mol. The molecule has 12 rings (SSSR count). The van der Waals surface area contributed by atoms with Gasteiger partial charge in [-0.05, 0) is 104 Å². The van der Waals surface area contributed by atoms with Crippen molar-refractivity contribution in [3.05, 3.63) is 272 Å². The van der Waals surface area contributed by atoms with Gasteiger partial charge >= 0.3 is 0 Å². The average Bonchev–Trinajstić information content (AvgIpc) is 3.74. The molecule has 11 aromatic rings. The summed E-state index contributed by atoms with van der Waals surface area (Å²) in [6, 6.07) is 77.5. The van der Waals surface area contributed by atoms with Crippen LogP contribution in [0.15, 0.2) is 260 Å². The zero-order valence-corrected chi connectivity index (χ0v) is 37.3. The van der Waals surface area contributed by atoms with E-state index in [2.05, 4.69) is 230 Å². The van der Waals surface area contributed by atoms with Crippen LogP contribution < -0.4 is 0 Å². The molecule has 68 heavy (non-hydrogen) atoms. The third kappa shape index (κ3) is 7.64. The molecule has 0 saturated heterocycles. The standard InChI is InChI=1S/C64H44N4/c1-43-15-5-2-10-23-57-56-22-13-14-24-61(56)68(63(57)62(65-43)53-36-31-49-30-29-48-20-11-12-21-55(48)58(49)41-53)54-39-37-52(38-40-54)64-66-59(50-32-25-46(26-33-50)44-16-6-3-7-17-44)42-60(67-64)51-34-27-47(28-35-51)45-18-8-4-9-19-45/h2-22,24-42H,1,23H2/b10-2-,15-5-,65-62-. The molecule has 0 radical (unpaired) electrons. The zero-order chi connectivity index (χ0) is 45.4. The maximum atomic E-state index is 5.37. The van der Waals surface area contributed by atoms with Crippen LogP contribution in [0.4, 0.5) is 0 Å². The monoisotopic (exact) mass is 868 g/mol. The number of hydrogen-bond acceptors (Lipinski definition) is 3. The quantitative estimate of drug-likeness (QED) is 0.150. The molecule has 0 bridgehead atoms. The van der Waals surface area contributed by atoms with Gasteiger partial charge in [0.15, 0.2) is 5.82 Å². The van der Waals surface area contributed by atoms with Crippen LogP contribution in [-0.4, -0.2) is 20.2 Å². The van der Waals surface area contributed by atoms with Gasteiger partial charge in [-0.1, -0.05) is 201 Å². The largest absolute Gasteiger partial charge is 0.307 e. The fourth-order valence-electron chi connectivity index (χ4n) is 9.61. The third-order valence-corrected chi connectivity index (χ3v) is 13.0. The van der Waals surface area contributed by atoms with Crippen molar-refractivity contribution < 1.29 is 0 Å². The third-order valence-electron chi connectivity index (χ3n) is 13.0. The molecule has 1 aliphatic heterocycles. The summed E-state index contributed by atoms with van der Waals surface area (Å²) in [6.07, 6.45) is 9.07. The van der Waals surface area contributed by atoms with E-state index in [9.17, 15) is 0 Å². The topological polar surface area (TPSA) is 43.1 Å². The summed E-state index contributed by atoms with van der Waals surface area (Å²) in [4.78, 5) is 15.9. The molecule has 4 heteroatoms. The van der Waals surface area contributed by atoms with Crippen LogP contribution in [0.3, 0.4) is 0 Å². The Labute approximate surface area is 395 Å². The number of aromatic nitrogens is 3. The van der Waals surface area contributed by atoms with Crippen molar-refractivity contribution in [2.45, 2.75) is 6.42 Å². The van der Waals surface area contributed by atoms with E-state index in [1.807, 2.05) is 24.3 Å². The lowest BCUT2D eigenvalue weighted by Gasteiger charge is -2.17. The number of para-hydroxylation sites is 1. The van der Waals surface area contributed by atoms with Gasteiger partial charge in [0.1, 0.15) is 0 Å². The Morgan fingerprint density at radius 3 is 1.59 bits per heavy atom. The minimum atomic E-state index is 0.655. The molecule has 0 fully saturated rings. The van der Waals surface area contributed by atoms with Gasteiger partial charge in [0.25, 0.3) is 0 Å². The van der Waals surface area contributed by atoms with Crippen molar-refractivity contribution in [1.82, 2.24) is 14.5 Å². The van der Waals surface area contributed by atoms with Gasteiger partial charge < -0.3 is 4.57 Å². The second-order valence-corrected chi connectivity index (χ2v) is 17.2. The van der Waals surface area contributed by atoms with Gasteiger partial charge in [-0.3, -0.25) is 0 Å². The number of nitrogens with zero attached hydrogens (tertiary/aromatic N) is 4. The minimum Gasteiger partial charge on any atom is -0.307 e. The molecule has 320 valence electrons. The Bertz CT molecular complexity index is 3680. The fourth-order valence-corrected chi connectivity index (χ4v) is 9.61. The Morgan fingerprint density at radius 1 is 0.412 bits per heavy atom. The van der Waals surface area contributed by atoms with Gasteiger partial charge in [0.05, 0.1) is 34.0 Å². The normalized spacial score (nSPS) is 14.4. The second-order valence-electron chi connectivity index (χ2n) is 17.2. The summed E-state index contributed by atoms with van der Waals surface area (Å²) in [5.41, 5.74) is 16.3. The zero-order valence-electron chi connectivity index (χ0n) is 37.3.